The molecule has 3 aliphatic heterocycles. The van der Waals surface area contributed by atoms with Crippen molar-refractivity contribution < 1.29 is 17.9 Å². The summed E-state index contributed by atoms with van der Waals surface area (Å²) in [5.74, 6) is 0.0671. The molecule has 3 aromatic rings. The Balaban J connectivity index is 1.15. The Morgan fingerprint density at radius 1 is 0.921 bits per heavy atom. The number of ether oxygens (including phenoxy) is 1. The molecule has 6 rings (SSSR count). The quantitative estimate of drug-likeness (QED) is 0.385. The van der Waals surface area contributed by atoms with Crippen LogP contribution in [-0.4, -0.2) is 36.7 Å². The average Bonchev–Trinajstić information content (AvgIpc) is 3.38. The minimum Gasteiger partial charge on any atom is -0.378 e. The van der Waals surface area contributed by atoms with E-state index in [2.05, 4.69) is 51.9 Å². The van der Waals surface area contributed by atoms with Crippen molar-refractivity contribution >= 4 is 5.69 Å². The molecule has 2 N–H and O–H groups in total. The smallest absolute Gasteiger partial charge is 0.378 e. The highest BCUT2D eigenvalue weighted by Gasteiger charge is 2.43. The summed E-state index contributed by atoms with van der Waals surface area (Å²) in [6, 6.07) is 25.1. The summed E-state index contributed by atoms with van der Waals surface area (Å²) >= 11 is 0. The number of nitrogens with one attached hydrogen (secondary N) is 2. The van der Waals surface area contributed by atoms with Gasteiger partial charge in [0.25, 0.3) is 0 Å². The summed E-state index contributed by atoms with van der Waals surface area (Å²) in [7, 11) is 0. The van der Waals surface area contributed by atoms with Gasteiger partial charge in [-0.2, -0.15) is 13.2 Å². The zero-order chi connectivity index (χ0) is 26.1. The molecule has 0 radical (unpaired) electrons. The number of benzene rings is 3. The molecule has 3 heterocycles. The van der Waals surface area contributed by atoms with Gasteiger partial charge in [-0.1, -0.05) is 60.7 Å². The van der Waals surface area contributed by atoms with Crippen LogP contribution in [0.4, 0.5) is 18.9 Å². The lowest BCUT2D eigenvalue weighted by atomic mass is 9.76. The molecule has 3 aliphatic rings. The molecule has 0 unspecified atom stereocenters. The van der Waals surface area contributed by atoms with Gasteiger partial charge in [0.15, 0.2) is 0 Å². The van der Waals surface area contributed by atoms with E-state index in [-0.39, 0.29) is 24.2 Å². The highest BCUT2D eigenvalue weighted by atomic mass is 19.4. The predicted octanol–water partition coefficient (Wildman–Crippen LogP) is 6.57. The van der Waals surface area contributed by atoms with Crippen LogP contribution in [0.15, 0.2) is 78.9 Å². The second-order valence-electron chi connectivity index (χ2n) is 10.9. The zero-order valence-corrected chi connectivity index (χ0v) is 21.3. The second-order valence-corrected chi connectivity index (χ2v) is 10.9. The Bertz CT molecular complexity index is 1220. The van der Waals surface area contributed by atoms with Crippen molar-refractivity contribution in [1.82, 2.24) is 10.2 Å². The minimum absolute atomic E-state index is 0.000669. The maximum Gasteiger partial charge on any atom is 0.416 e. The van der Waals surface area contributed by atoms with Gasteiger partial charge in [0, 0.05) is 49.4 Å². The van der Waals surface area contributed by atoms with Crippen molar-refractivity contribution in [3.05, 3.63) is 101 Å². The predicted molar refractivity (Wildman–Crippen MR) is 143 cm³/mol. The van der Waals surface area contributed by atoms with Gasteiger partial charge < -0.3 is 15.4 Å². The van der Waals surface area contributed by atoms with E-state index < -0.39 is 11.7 Å². The van der Waals surface area contributed by atoms with Gasteiger partial charge in [0.05, 0.1) is 23.8 Å². The third-order valence-electron chi connectivity index (χ3n) is 8.29. The standard InChI is InChI=1S/C31H34F3N3O/c32-31(33,34)23-11-14-28-27(17-23)30-26(29(36-28)22-9-5-2-6-10-22)13-12-25(38-30)18-35-24-15-16-37(20-24)19-21-7-3-1-4-8-21/h1-11,14,17,24-26,29-30,35-36H,12-13,15-16,18-20H2/t24-,25+,26-,29-,30-/m0/s1. The fourth-order valence-electron chi connectivity index (χ4n) is 6.36. The number of anilines is 1. The first-order valence-corrected chi connectivity index (χ1v) is 13.6. The summed E-state index contributed by atoms with van der Waals surface area (Å²) in [5, 5.41) is 7.24. The Kier molecular flexibility index (Phi) is 7.16. The van der Waals surface area contributed by atoms with Crippen molar-refractivity contribution in [1.29, 1.82) is 0 Å². The van der Waals surface area contributed by atoms with E-state index in [1.54, 1.807) is 6.07 Å². The maximum absolute atomic E-state index is 13.6. The summed E-state index contributed by atoms with van der Waals surface area (Å²) in [6.45, 7) is 3.71. The molecule has 0 bridgehead atoms. The first-order chi connectivity index (χ1) is 18.4. The first-order valence-electron chi connectivity index (χ1n) is 13.6. The van der Waals surface area contributed by atoms with Gasteiger partial charge in [-0.3, -0.25) is 4.90 Å². The number of rotatable bonds is 6. The second kappa shape index (κ2) is 10.7. The molecule has 2 saturated heterocycles. The van der Waals surface area contributed by atoms with Gasteiger partial charge in [-0.25, -0.2) is 0 Å². The van der Waals surface area contributed by atoms with Crippen LogP contribution in [0.5, 0.6) is 0 Å². The number of hydrogen-bond donors (Lipinski definition) is 2. The fraction of sp³-hybridized carbons (Fsp3) is 0.419. The normalized spacial score (nSPS) is 27.4. The summed E-state index contributed by atoms with van der Waals surface area (Å²) < 4.78 is 47.4. The lowest BCUT2D eigenvalue weighted by molar-refractivity contribution is -0.138. The fourth-order valence-corrected chi connectivity index (χ4v) is 6.36. The largest absolute Gasteiger partial charge is 0.416 e. The summed E-state index contributed by atoms with van der Waals surface area (Å²) in [6.07, 6.45) is -1.93. The molecule has 0 saturated carbocycles. The van der Waals surface area contributed by atoms with Crippen molar-refractivity contribution in [3.8, 4) is 0 Å². The first kappa shape index (κ1) is 25.4. The van der Waals surface area contributed by atoms with E-state index in [0.717, 1.165) is 56.2 Å². The van der Waals surface area contributed by atoms with Gasteiger partial charge >= 0.3 is 6.18 Å². The average molecular weight is 522 g/mol. The molecule has 4 nitrogen and oxygen atoms in total. The van der Waals surface area contributed by atoms with Gasteiger partial charge in [-0.05, 0) is 48.6 Å². The van der Waals surface area contributed by atoms with Crippen LogP contribution in [0.25, 0.3) is 0 Å². The Morgan fingerprint density at radius 3 is 2.45 bits per heavy atom. The molecular weight excluding hydrogens is 487 g/mol. The van der Waals surface area contributed by atoms with Crippen molar-refractivity contribution in [2.24, 2.45) is 5.92 Å². The van der Waals surface area contributed by atoms with Gasteiger partial charge in [0.2, 0.25) is 0 Å². The van der Waals surface area contributed by atoms with Crippen LogP contribution in [-0.2, 0) is 17.5 Å². The molecule has 0 aromatic heterocycles. The Morgan fingerprint density at radius 2 is 1.68 bits per heavy atom. The monoisotopic (exact) mass is 521 g/mol. The van der Waals surface area contributed by atoms with Crippen LogP contribution in [0, 0.1) is 5.92 Å². The van der Waals surface area contributed by atoms with Crippen molar-refractivity contribution in [2.75, 3.05) is 25.0 Å². The zero-order valence-electron chi connectivity index (χ0n) is 21.3. The van der Waals surface area contributed by atoms with Crippen LogP contribution in [0.2, 0.25) is 0 Å². The van der Waals surface area contributed by atoms with Crippen LogP contribution in [0.3, 0.4) is 0 Å². The highest BCUT2D eigenvalue weighted by molar-refractivity contribution is 5.58. The number of alkyl halides is 3. The molecule has 0 spiro atoms. The molecule has 200 valence electrons. The molecular formula is C31H34F3N3O. The molecule has 0 amide bonds. The summed E-state index contributed by atoms with van der Waals surface area (Å²) in [4.78, 5) is 2.47. The molecule has 3 aromatic carbocycles. The van der Waals surface area contributed by atoms with Crippen LogP contribution in [0.1, 0.15) is 53.7 Å². The Labute approximate surface area is 222 Å². The van der Waals surface area contributed by atoms with E-state index in [0.29, 0.717) is 18.2 Å². The van der Waals surface area contributed by atoms with Gasteiger partial charge in [0.1, 0.15) is 0 Å². The number of likely N-dealkylation sites (tertiary alicyclic amines) is 1. The lowest BCUT2D eigenvalue weighted by Crippen LogP contribution is -2.44. The molecule has 2 fully saturated rings. The Hall–Kier alpha value is -2.87. The van der Waals surface area contributed by atoms with Crippen LogP contribution < -0.4 is 10.6 Å². The minimum atomic E-state index is -4.38. The SMILES string of the molecule is FC(F)(F)c1ccc2c(c1)[C@H]1O[C@@H](CN[C@H]3CCN(Cc4ccccc4)C3)CC[C@H]1[C@H](c1ccccc1)N2. The van der Waals surface area contributed by atoms with Crippen molar-refractivity contribution in [3.63, 3.8) is 0 Å². The number of nitrogens with zero attached hydrogens (tertiary/aromatic N) is 1. The number of halogens is 3. The van der Waals surface area contributed by atoms with Gasteiger partial charge in [-0.15, -0.1) is 0 Å². The topological polar surface area (TPSA) is 36.5 Å². The van der Waals surface area contributed by atoms with E-state index in [9.17, 15) is 13.2 Å². The van der Waals surface area contributed by atoms with E-state index in [1.807, 2.05) is 24.3 Å². The van der Waals surface area contributed by atoms with E-state index >= 15 is 0 Å². The number of hydrogen-bond acceptors (Lipinski definition) is 4. The number of fused-ring (bicyclic) bond motifs is 3. The summed E-state index contributed by atoms with van der Waals surface area (Å²) in [5.41, 5.74) is 3.19. The third-order valence-corrected chi connectivity index (χ3v) is 8.29. The third kappa shape index (κ3) is 5.46. The molecule has 0 aliphatic carbocycles. The van der Waals surface area contributed by atoms with E-state index in [4.69, 9.17) is 4.74 Å². The van der Waals surface area contributed by atoms with Crippen LogP contribution >= 0.6 is 0 Å². The highest BCUT2D eigenvalue weighted by Crippen LogP contribution is 2.51. The molecule has 7 heteroatoms. The maximum atomic E-state index is 13.6. The lowest BCUT2D eigenvalue weighted by Gasteiger charge is -2.46. The molecule has 5 atom stereocenters. The molecule has 38 heavy (non-hydrogen) atoms. The van der Waals surface area contributed by atoms with E-state index in [1.165, 1.54) is 11.6 Å². The van der Waals surface area contributed by atoms with Crippen molar-refractivity contribution in [2.45, 2.75) is 56.3 Å².